The maximum atomic E-state index is 13.8. The Kier molecular flexibility index (Phi) is 12.0. The predicted octanol–water partition coefficient (Wildman–Crippen LogP) is 6.07. The topological polar surface area (TPSA) is 86.8 Å². The van der Waals surface area contributed by atoms with Gasteiger partial charge in [0.2, 0.25) is 21.8 Å². The van der Waals surface area contributed by atoms with Crippen LogP contribution in [0.5, 0.6) is 0 Å². The molecule has 0 aliphatic carbocycles. The van der Waals surface area contributed by atoms with Crippen molar-refractivity contribution >= 4 is 39.1 Å². The fraction of sp³-hybridized carbons (Fsp3) is 0.355. The van der Waals surface area contributed by atoms with E-state index in [0.717, 1.165) is 39.9 Å². The van der Waals surface area contributed by atoms with E-state index in [-0.39, 0.29) is 43.9 Å². The van der Waals surface area contributed by atoms with Gasteiger partial charge in [-0.1, -0.05) is 67.1 Å². The number of anilines is 1. The zero-order chi connectivity index (χ0) is 31.6. The number of hydrogen-bond donors (Lipinski definition) is 1. The van der Waals surface area contributed by atoms with Crippen molar-refractivity contribution in [1.29, 1.82) is 0 Å². The van der Waals surface area contributed by atoms with E-state index < -0.39 is 33.7 Å². The number of rotatable bonds is 14. The molecule has 0 aromatic heterocycles. The highest BCUT2D eigenvalue weighted by Gasteiger charge is 2.32. The van der Waals surface area contributed by atoms with Crippen LogP contribution in [-0.2, 0) is 38.8 Å². The summed E-state index contributed by atoms with van der Waals surface area (Å²) in [6.07, 6.45) is -2.95. The smallest absolute Gasteiger partial charge is 0.354 e. The summed E-state index contributed by atoms with van der Waals surface area (Å²) in [5.41, 5.74) is 0.455. The second-order valence-electron chi connectivity index (χ2n) is 10.1. The molecule has 0 saturated heterocycles. The van der Waals surface area contributed by atoms with Crippen LogP contribution >= 0.6 is 11.6 Å². The van der Waals surface area contributed by atoms with Crippen LogP contribution in [0, 0.1) is 0 Å². The van der Waals surface area contributed by atoms with E-state index >= 15 is 0 Å². The minimum absolute atomic E-state index is 0.00784. The zero-order valence-corrected chi connectivity index (χ0v) is 25.6. The van der Waals surface area contributed by atoms with Crippen LogP contribution in [0.3, 0.4) is 0 Å². The van der Waals surface area contributed by atoms with E-state index in [1.165, 1.54) is 11.0 Å². The van der Waals surface area contributed by atoms with Gasteiger partial charge in [-0.3, -0.25) is 13.9 Å². The molecule has 3 rings (SSSR count). The van der Waals surface area contributed by atoms with E-state index in [2.05, 4.69) is 5.32 Å². The first-order chi connectivity index (χ1) is 20.3. The minimum atomic E-state index is -4.65. The van der Waals surface area contributed by atoms with Gasteiger partial charge >= 0.3 is 6.18 Å². The normalized spacial score (nSPS) is 12.4. The van der Waals surface area contributed by atoms with Crippen LogP contribution in [0.2, 0.25) is 5.02 Å². The van der Waals surface area contributed by atoms with E-state index in [1.807, 2.05) is 37.3 Å². The summed E-state index contributed by atoms with van der Waals surface area (Å²) in [5.74, 6) is -0.727. The number of nitrogens with one attached hydrogen (secondary N) is 1. The van der Waals surface area contributed by atoms with Gasteiger partial charge in [0.1, 0.15) is 6.04 Å². The highest BCUT2D eigenvalue weighted by molar-refractivity contribution is 7.92. The zero-order valence-electron chi connectivity index (χ0n) is 24.0. The lowest BCUT2D eigenvalue weighted by Gasteiger charge is -2.32. The quantitative estimate of drug-likeness (QED) is 0.232. The number of sulfonamides is 1. The van der Waals surface area contributed by atoms with E-state index in [0.29, 0.717) is 18.0 Å². The largest absolute Gasteiger partial charge is 0.416 e. The molecule has 3 aromatic carbocycles. The van der Waals surface area contributed by atoms with Gasteiger partial charge in [-0.15, -0.1) is 0 Å². The summed E-state index contributed by atoms with van der Waals surface area (Å²) in [7, 11) is -3.97. The molecule has 0 fully saturated rings. The van der Waals surface area contributed by atoms with Crippen LogP contribution in [0.25, 0.3) is 0 Å². The number of halogens is 4. The third-order valence-corrected chi connectivity index (χ3v) is 8.15. The third kappa shape index (κ3) is 10.3. The van der Waals surface area contributed by atoms with Gasteiger partial charge in [0.05, 0.1) is 17.5 Å². The molecule has 232 valence electrons. The second-order valence-corrected chi connectivity index (χ2v) is 12.5. The molecule has 0 saturated carbocycles. The lowest BCUT2D eigenvalue weighted by molar-refractivity contribution is -0.141. The van der Waals surface area contributed by atoms with Crippen molar-refractivity contribution in [3.8, 4) is 0 Å². The number of carbonyl (C=O) groups excluding carboxylic acids is 2. The summed E-state index contributed by atoms with van der Waals surface area (Å²) in [4.78, 5) is 28.7. The number of carbonyl (C=O) groups is 2. The van der Waals surface area contributed by atoms with Gasteiger partial charge in [0, 0.05) is 37.5 Å². The van der Waals surface area contributed by atoms with Crippen LogP contribution in [0.15, 0.2) is 78.9 Å². The van der Waals surface area contributed by atoms with E-state index in [1.54, 1.807) is 24.3 Å². The van der Waals surface area contributed by atoms with Gasteiger partial charge in [-0.2, -0.15) is 13.2 Å². The first kappa shape index (κ1) is 33.9. The van der Waals surface area contributed by atoms with Crippen LogP contribution in [0.4, 0.5) is 18.9 Å². The van der Waals surface area contributed by atoms with Crippen LogP contribution in [-0.4, -0.2) is 50.5 Å². The van der Waals surface area contributed by atoms with Crippen molar-refractivity contribution in [2.24, 2.45) is 0 Å². The average molecular weight is 638 g/mol. The van der Waals surface area contributed by atoms with E-state index in [9.17, 15) is 31.2 Å². The molecule has 0 radical (unpaired) electrons. The molecule has 0 heterocycles. The summed E-state index contributed by atoms with van der Waals surface area (Å²) in [6, 6.07) is 19.3. The summed E-state index contributed by atoms with van der Waals surface area (Å²) < 4.78 is 65.8. The number of benzene rings is 3. The minimum Gasteiger partial charge on any atom is -0.354 e. The monoisotopic (exact) mass is 637 g/mol. The van der Waals surface area contributed by atoms with E-state index in [4.69, 9.17) is 11.6 Å². The molecule has 1 N–H and O–H groups in total. The summed E-state index contributed by atoms with van der Waals surface area (Å²) in [6.45, 7) is 2.21. The second kappa shape index (κ2) is 15.2. The molecule has 0 bridgehead atoms. The summed E-state index contributed by atoms with van der Waals surface area (Å²) in [5, 5.41) is 3.40. The van der Waals surface area contributed by atoms with Crippen molar-refractivity contribution in [3.63, 3.8) is 0 Å². The number of alkyl halides is 3. The Labute approximate surface area is 255 Å². The maximum Gasteiger partial charge on any atom is 0.416 e. The lowest BCUT2D eigenvalue weighted by Crippen LogP contribution is -2.50. The molecule has 0 aliphatic rings. The van der Waals surface area contributed by atoms with Gasteiger partial charge in [0.15, 0.2) is 0 Å². The summed E-state index contributed by atoms with van der Waals surface area (Å²) >= 11 is 6.05. The van der Waals surface area contributed by atoms with Gasteiger partial charge in [0.25, 0.3) is 0 Å². The van der Waals surface area contributed by atoms with Crippen molar-refractivity contribution in [2.75, 3.05) is 23.7 Å². The Morgan fingerprint density at radius 1 is 0.953 bits per heavy atom. The van der Waals surface area contributed by atoms with Gasteiger partial charge < -0.3 is 10.2 Å². The Bertz CT molecular complexity index is 1470. The standard InChI is InChI=1S/C31H35ClF3N3O4S/c1-3-18-36-30(40)28(20-23-9-5-4-6-10-23)37(22-24-14-16-26(32)17-15-24)29(39)13-8-19-38(43(2,41)42)27-12-7-11-25(21-27)31(33,34)35/h4-7,9-12,14-17,21,28H,3,8,13,18-20,22H2,1-2H3,(H,36,40). The maximum absolute atomic E-state index is 13.8. The third-order valence-electron chi connectivity index (χ3n) is 6.70. The fourth-order valence-electron chi connectivity index (χ4n) is 4.55. The van der Waals surface area contributed by atoms with Crippen LogP contribution in [0.1, 0.15) is 42.9 Å². The molecule has 12 heteroatoms. The molecule has 3 aromatic rings. The number of amides is 2. The van der Waals surface area contributed by atoms with Gasteiger partial charge in [-0.05, 0) is 54.3 Å². The SMILES string of the molecule is CCCNC(=O)C(Cc1ccccc1)N(Cc1ccc(Cl)cc1)C(=O)CCCN(c1cccc(C(F)(F)F)c1)S(C)(=O)=O. The molecule has 2 amide bonds. The van der Waals surface area contributed by atoms with Crippen molar-refractivity contribution < 1.29 is 31.2 Å². The van der Waals surface area contributed by atoms with Gasteiger partial charge in [-0.25, -0.2) is 8.42 Å². The molecule has 7 nitrogen and oxygen atoms in total. The predicted molar refractivity (Wildman–Crippen MR) is 162 cm³/mol. The van der Waals surface area contributed by atoms with Crippen molar-refractivity contribution in [2.45, 2.75) is 51.4 Å². The molecule has 0 aliphatic heterocycles. The first-order valence-electron chi connectivity index (χ1n) is 13.8. The highest BCUT2D eigenvalue weighted by atomic mass is 35.5. The number of hydrogen-bond acceptors (Lipinski definition) is 4. The first-order valence-corrected chi connectivity index (χ1v) is 16.0. The van der Waals surface area contributed by atoms with Crippen molar-refractivity contribution in [1.82, 2.24) is 10.2 Å². The molecule has 0 spiro atoms. The highest BCUT2D eigenvalue weighted by Crippen LogP contribution is 2.32. The molecule has 1 unspecified atom stereocenters. The van der Waals surface area contributed by atoms with Crippen molar-refractivity contribution in [3.05, 3.63) is 101 Å². The molecule has 43 heavy (non-hydrogen) atoms. The van der Waals surface area contributed by atoms with Crippen LogP contribution < -0.4 is 9.62 Å². The molecular formula is C31H35ClF3N3O4S. The molecule has 1 atom stereocenters. The Morgan fingerprint density at radius 2 is 1.63 bits per heavy atom. The Hall–Kier alpha value is -3.57. The lowest BCUT2D eigenvalue weighted by atomic mass is 10.0. The number of nitrogens with zero attached hydrogens (tertiary/aromatic N) is 2. The molecular weight excluding hydrogens is 603 g/mol. The Balaban J connectivity index is 1.88. The fourth-order valence-corrected chi connectivity index (χ4v) is 5.63. The average Bonchev–Trinajstić information content (AvgIpc) is 2.96. The Morgan fingerprint density at radius 3 is 2.23 bits per heavy atom.